The Morgan fingerprint density at radius 2 is 1.71 bits per heavy atom. The highest BCUT2D eigenvalue weighted by atomic mass is 35.5. The summed E-state index contributed by atoms with van der Waals surface area (Å²) in [6, 6.07) is 14.3. The van der Waals surface area contributed by atoms with Crippen LogP contribution in [0.4, 0.5) is 0 Å². The first kappa shape index (κ1) is 41.0. The maximum Gasteiger partial charge on any atom is 0.347 e. The van der Waals surface area contributed by atoms with Crippen molar-refractivity contribution in [1.29, 1.82) is 0 Å². The van der Waals surface area contributed by atoms with E-state index in [-0.39, 0.29) is 37.6 Å². The van der Waals surface area contributed by atoms with Crippen LogP contribution in [-0.4, -0.2) is 66.3 Å². The van der Waals surface area contributed by atoms with Crippen LogP contribution < -0.4 is 15.8 Å². The van der Waals surface area contributed by atoms with Gasteiger partial charge in [0.05, 0.1) is 29.0 Å². The number of aliphatic hydroxyl groups excluding tert-OH is 2. The molecule has 0 bridgehead atoms. The molecule has 2 aromatic rings. The predicted octanol–water partition coefficient (Wildman–Crippen LogP) is 5.49. The van der Waals surface area contributed by atoms with Crippen LogP contribution in [0, 0.1) is 17.3 Å². The zero-order valence-electron chi connectivity index (χ0n) is 28.5. The average Bonchev–Trinajstić information content (AvgIpc) is 3.04. The van der Waals surface area contributed by atoms with Gasteiger partial charge in [-0.3, -0.25) is 9.59 Å². The summed E-state index contributed by atoms with van der Waals surface area (Å²) in [6.45, 7) is 8.67. The summed E-state index contributed by atoms with van der Waals surface area (Å²) in [5.74, 6) is -1.89. The molecule has 0 heterocycles. The highest BCUT2D eigenvalue weighted by Crippen LogP contribution is 2.32. The monoisotopic (exact) mass is 708 g/mol. The average molecular weight is 710 g/mol. The number of esters is 2. The number of aliphatic hydroxyl groups is 2. The Bertz CT molecular complexity index is 1350. The van der Waals surface area contributed by atoms with Crippen LogP contribution in [0.2, 0.25) is 5.02 Å². The van der Waals surface area contributed by atoms with E-state index in [1.54, 1.807) is 51.1 Å². The molecule has 0 spiro atoms. The number of rotatable bonds is 19. The number of hydrogen-bond acceptors (Lipinski definition) is 9. The number of ether oxygens (including phenoxy) is 3. The van der Waals surface area contributed by atoms with Crippen molar-refractivity contribution in [3.8, 4) is 5.75 Å². The Balaban J connectivity index is 2.10. The normalized spacial score (nSPS) is 15.7. The second-order valence-corrected chi connectivity index (χ2v) is 13.8. The third-order valence-electron chi connectivity index (χ3n) is 7.85. The van der Waals surface area contributed by atoms with Crippen LogP contribution in [0.5, 0.6) is 5.75 Å². The van der Waals surface area contributed by atoms with Crippen LogP contribution >= 0.6 is 23.2 Å². The fraction of sp³-hybridized carbons (Fsp3) is 0.528. The van der Waals surface area contributed by atoms with E-state index in [4.69, 9.17) is 43.1 Å². The lowest BCUT2D eigenvalue weighted by Gasteiger charge is -2.32. The molecule has 266 valence electrons. The first-order valence-electron chi connectivity index (χ1n) is 16.0. The number of carbonyl (C=O) groups is 3. The van der Waals surface area contributed by atoms with E-state index in [9.17, 15) is 24.6 Å². The molecule has 2 aromatic carbocycles. The number of alkyl halides is 1. The standard InChI is InChI=1S/C36H50Cl2N2O8/c1-22(2)19-29(48-35(45)36(4,5)21-40-31(42)18-16-24-15-17-28(46-6)26(37)20-24)34(44)47-27(13-10-14-30(39)41)23(3)33(43)32(38)25-11-8-7-9-12-25/h7-12,14-15,17,20,22-23,27,29-30,32-33,41,43H,13,16,18-19,21,39H2,1-6H3,(H,40,42)/b14-10+/t23-,27-,29-,30?,32-,33+/m0/s1. The van der Waals surface area contributed by atoms with Gasteiger partial charge in [-0.1, -0.05) is 74.8 Å². The summed E-state index contributed by atoms with van der Waals surface area (Å²) >= 11 is 12.8. The largest absolute Gasteiger partial charge is 0.495 e. The number of hydrogen-bond donors (Lipinski definition) is 4. The van der Waals surface area contributed by atoms with Gasteiger partial charge in [-0.25, -0.2) is 4.79 Å². The lowest BCUT2D eigenvalue weighted by Crippen LogP contribution is -2.44. The van der Waals surface area contributed by atoms with Gasteiger partial charge in [0.1, 0.15) is 18.1 Å². The van der Waals surface area contributed by atoms with Crippen molar-refractivity contribution >= 4 is 41.0 Å². The SMILES string of the molecule is COc1ccc(CCC(=O)NCC(C)(C)C(=O)O[C@@H](CC(C)C)C(=O)O[C@@H](C/C=C/C(N)O)[C@H](C)[C@@H](O)[C@@H](Cl)c2ccccc2)cc1Cl. The fourth-order valence-corrected chi connectivity index (χ4v) is 5.44. The summed E-state index contributed by atoms with van der Waals surface area (Å²) in [6.07, 6.45) is -0.683. The second-order valence-electron chi connectivity index (χ2n) is 12.9. The molecule has 5 N–H and O–H groups in total. The Labute approximate surface area is 293 Å². The molecule has 0 saturated heterocycles. The highest BCUT2D eigenvalue weighted by molar-refractivity contribution is 6.32. The number of nitrogens with two attached hydrogens (primary N) is 1. The number of halogens is 2. The van der Waals surface area contributed by atoms with E-state index in [2.05, 4.69) is 5.32 Å². The third kappa shape index (κ3) is 13.4. The van der Waals surface area contributed by atoms with Crippen LogP contribution in [0.15, 0.2) is 60.7 Å². The molecule has 0 radical (unpaired) electrons. The Morgan fingerprint density at radius 1 is 1.04 bits per heavy atom. The Kier molecular flexibility index (Phi) is 16.9. The summed E-state index contributed by atoms with van der Waals surface area (Å²) in [5.41, 5.74) is 5.83. The lowest BCUT2D eigenvalue weighted by molar-refractivity contribution is -0.180. The number of amides is 1. The molecule has 6 atom stereocenters. The van der Waals surface area contributed by atoms with E-state index >= 15 is 0 Å². The summed E-state index contributed by atoms with van der Waals surface area (Å²) in [4.78, 5) is 39.5. The van der Waals surface area contributed by atoms with Gasteiger partial charge in [-0.15, -0.1) is 11.6 Å². The van der Waals surface area contributed by atoms with Crippen LogP contribution in [0.25, 0.3) is 0 Å². The molecule has 1 amide bonds. The van der Waals surface area contributed by atoms with Gasteiger partial charge in [0.25, 0.3) is 0 Å². The molecule has 0 aliphatic heterocycles. The maximum absolute atomic E-state index is 13.6. The number of nitrogens with one attached hydrogen (secondary N) is 1. The highest BCUT2D eigenvalue weighted by Gasteiger charge is 2.38. The van der Waals surface area contributed by atoms with Crippen molar-refractivity contribution in [1.82, 2.24) is 5.32 Å². The lowest BCUT2D eigenvalue weighted by atomic mass is 9.90. The third-order valence-corrected chi connectivity index (χ3v) is 8.65. The molecule has 12 heteroatoms. The zero-order valence-corrected chi connectivity index (χ0v) is 30.0. The molecule has 2 rings (SSSR count). The topological polar surface area (TPSA) is 157 Å². The van der Waals surface area contributed by atoms with Gasteiger partial charge in [0.15, 0.2) is 6.10 Å². The van der Waals surface area contributed by atoms with E-state index in [0.29, 0.717) is 22.8 Å². The minimum atomic E-state index is -1.25. The number of carbonyl (C=O) groups excluding carboxylic acids is 3. The predicted molar refractivity (Wildman–Crippen MR) is 186 cm³/mol. The van der Waals surface area contributed by atoms with E-state index < -0.39 is 53.2 Å². The molecule has 0 fully saturated rings. The van der Waals surface area contributed by atoms with Gasteiger partial charge in [-0.05, 0) is 61.9 Å². The van der Waals surface area contributed by atoms with Crippen LogP contribution in [-0.2, 0) is 30.3 Å². The molecule has 1 unspecified atom stereocenters. The zero-order chi connectivity index (χ0) is 36.0. The molecular formula is C36H50Cl2N2O8. The van der Waals surface area contributed by atoms with Crippen LogP contribution in [0.3, 0.4) is 0 Å². The van der Waals surface area contributed by atoms with Crippen LogP contribution in [0.1, 0.15) is 70.4 Å². The van der Waals surface area contributed by atoms with Gasteiger partial charge in [0, 0.05) is 25.3 Å². The number of methoxy groups -OCH3 is 1. The van der Waals surface area contributed by atoms with Crippen molar-refractivity contribution in [3.05, 3.63) is 76.8 Å². The summed E-state index contributed by atoms with van der Waals surface area (Å²) in [7, 11) is 1.52. The molecule has 0 aromatic heterocycles. The van der Waals surface area contributed by atoms with Gasteiger partial charge >= 0.3 is 11.9 Å². The van der Waals surface area contributed by atoms with E-state index in [1.165, 1.54) is 13.2 Å². The van der Waals surface area contributed by atoms with Crippen molar-refractivity contribution in [3.63, 3.8) is 0 Å². The molecular weight excluding hydrogens is 659 g/mol. The van der Waals surface area contributed by atoms with Crippen molar-refractivity contribution in [2.75, 3.05) is 13.7 Å². The summed E-state index contributed by atoms with van der Waals surface area (Å²) in [5, 5.41) is 23.1. The minimum absolute atomic E-state index is 0.0217. The smallest absolute Gasteiger partial charge is 0.347 e. The molecule has 10 nitrogen and oxygen atoms in total. The maximum atomic E-state index is 13.6. The van der Waals surface area contributed by atoms with Gasteiger partial charge in [-0.2, -0.15) is 0 Å². The first-order valence-corrected chi connectivity index (χ1v) is 16.8. The Hall–Kier alpha value is -3.15. The van der Waals surface area contributed by atoms with Gasteiger partial charge in [0.2, 0.25) is 5.91 Å². The van der Waals surface area contributed by atoms with Gasteiger partial charge < -0.3 is 35.5 Å². The fourth-order valence-electron chi connectivity index (χ4n) is 4.78. The quantitative estimate of drug-likeness (QED) is 0.0641. The summed E-state index contributed by atoms with van der Waals surface area (Å²) < 4.78 is 16.8. The molecule has 0 saturated carbocycles. The molecule has 0 aliphatic carbocycles. The minimum Gasteiger partial charge on any atom is -0.495 e. The van der Waals surface area contributed by atoms with E-state index in [1.807, 2.05) is 38.1 Å². The van der Waals surface area contributed by atoms with Crippen molar-refractivity contribution < 1.29 is 38.8 Å². The second kappa shape index (κ2) is 19.7. The first-order chi connectivity index (χ1) is 22.5. The van der Waals surface area contributed by atoms with E-state index in [0.717, 1.165) is 5.56 Å². The van der Waals surface area contributed by atoms with Crippen molar-refractivity contribution in [2.24, 2.45) is 23.0 Å². The van der Waals surface area contributed by atoms with Crippen molar-refractivity contribution in [2.45, 2.75) is 90.2 Å². The molecule has 0 aliphatic rings. The number of benzene rings is 2. The number of aryl methyl sites for hydroxylation is 1. The Morgan fingerprint density at radius 3 is 2.29 bits per heavy atom. The molecule has 48 heavy (non-hydrogen) atoms.